The summed E-state index contributed by atoms with van der Waals surface area (Å²) in [5.41, 5.74) is 4.45. The summed E-state index contributed by atoms with van der Waals surface area (Å²) in [4.78, 5) is 23.4. The van der Waals surface area contributed by atoms with Gasteiger partial charge in [-0.3, -0.25) is 4.79 Å². The average molecular weight is 398 g/mol. The number of amides is 1. The van der Waals surface area contributed by atoms with Crippen LogP contribution in [0.5, 0.6) is 0 Å². The summed E-state index contributed by atoms with van der Waals surface area (Å²) in [5, 5.41) is 0.963. The number of carbonyl (C=O) groups excluding carboxylic acids is 1. The second kappa shape index (κ2) is 8.34. The van der Waals surface area contributed by atoms with Crippen LogP contribution in [0.3, 0.4) is 0 Å². The number of benzene rings is 1. The van der Waals surface area contributed by atoms with Gasteiger partial charge in [-0.2, -0.15) is 0 Å². The molecule has 2 aliphatic heterocycles. The van der Waals surface area contributed by atoms with Crippen LogP contribution in [0.2, 0.25) is 0 Å². The van der Waals surface area contributed by atoms with Crippen LogP contribution in [0.4, 0.5) is 0 Å². The zero-order chi connectivity index (χ0) is 19.7. The molecular formula is C23H31N3OS. The molecule has 1 amide bonds. The summed E-state index contributed by atoms with van der Waals surface area (Å²) in [5.74, 6) is 0.170. The zero-order valence-corrected chi connectivity index (χ0v) is 18.1. The third-order valence-corrected chi connectivity index (χ3v) is 7.45. The molecule has 4 nitrogen and oxygen atoms in total. The molecule has 0 radical (unpaired) electrons. The third-order valence-electron chi connectivity index (χ3n) is 6.27. The maximum absolute atomic E-state index is 13.2. The summed E-state index contributed by atoms with van der Waals surface area (Å²) in [7, 11) is 0. The van der Waals surface area contributed by atoms with Gasteiger partial charge in [0.2, 0.25) is 0 Å². The molecule has 0 N–H and O–H groups in total. The van der Waals surface area contributed by atoms with Gasteiger partial charge < -0.3 is 9.80 Å². The highest BCUT2D eigenvalue weighted by Crippen LogP contribution is 2.32. The highest BCUT2D eigenvalue weighted by atomic mass is 32.1. The van der Waals surface area contributed by atoms with Crippen LogP contribution >= 0.6 is 11.3 Å². The predicted octanol–water partition coefficient (Wildman–Crippen LogP) is 4.83. The lowest BCUT2D eigenvalue weighted by molar-refractivity contribution is 0.0593. The maximum Gasteiger partial charge on any atom is 0.265 e. The molecule has 150 valence electrons. The molecule has 2 aliphatic rings. The highest BCUT2D eigenvalue weighted by molar-refractivity contribution is 7.17. The summed E-state index contributed by atoms with van der Waals surface area (Å²) in [6, 6.07) is 7.09. The fourth-order valence-electron chi connectivity index (χ4n) is 4.54. The van der Waals surface area contributed by atoms with Crippen molar-refractivity contribution in [3.05, 3.63) is 39.9 Å². The molecule has 2 aromatic rings. The number of hydrogen-bond acceptors (Lipinski definition) is 4. The fraction of sp³-hybridized carbons (Fsp3) is 0.565. The van der Waals surface area contributed by atoms with E-state index in [1.807, 2.05) is 11.8 Å². The van der Waals surface area contributed by atoms with E-state index in [-0.39, 0.29) is 5.91 Å². The zero-order valence-electron chi connectivity index (χ0n) is 17.3. The molecule has 3 heterocycles. The number of aromatic nitrogens is 1. The molecule has 1 aromatic heterocycles. The lowest BCUT2D eigenvalue weighted by atomic mass is 10.00. The number of hydrogen-bond donors (Lipinski definition) is 0. The molecule has 0 atom stereocenters. The van der Waals surface area contributed by atoms with Gasteiger partial charge in [-0.1, -0.05) is 24.1 Å². The molecule has 5 heteroatoms. The van der Waals surface area contributed by atoms with Gasteiger partial charge >= 0.3 is 0 Å². The molecule has 2 fully saturated rings. The second-order valence-corrected chi connectivity index (χ2v) is 9.37. The molecular weight excluding hydrogens is 366 g/mol. The van der Waals surface area contributed by atoms with E-state index < -0.39 is 0 Å². The lowest BCUT2D eigenvalue weighted by Crippen LogP contribution is -2.48. The summed E-state index contributed by atoms with van der Waals surface area (Å²) >= 11 is 1.55. The Morgan fingerprint density at radius 2 is 1.75 bits per heavy atom. The minimum absolute atomic E-state index is 0.170. The van der Waals surface area contributed by atoms with Gasteiger partial charge in [0, 0.05) is 24.7 Å². The van der Waals surface area contributed by atoms with E-state index in [0.717, 1.165) is 47.1 Å². The Balaban J connectivity index is 1.45. The van der Waals surface area contributed by atoms with Crippen LogP contribution in [-0.4, -0.2) is 52.9 Å². The Bertz CT molecular complexity index is 846. The van der Waals surface area contributed by atoms with Gasteiger partial charge in [0.25, 0.3) is 5.91 Å². The third kappa shape index (κ3) is 4.01. The fourth-order valence-corrected chi connectivity index (χ4v) is 5.65. The van der Waals surface area contributed by atoms with Gasteiger partial charge in [-0.25, -0.2) is 4.98 Å². The number of carbonyl (C=O) groups is 1. The standard InChI is InChI=1S/C23H31N3OS/c1-16-7-8-17(2)20(15-16)22-24-18(3)21(28-22)23(27)26-13-9-19(10-14-26)25-11-5-4-6-12-25/h7-8,15,19H,4-6,9-14H2,1-3H3. The van der Waals surface area contributed by atoms with Crippen LogP contribution in [0.1, 0.15) is 58.6 Å². The smallest absolute Gasteiger partial charge is 0.265 e. The molecule has 0 aliphatic carbocycles. The molecule has 0 saturated carbocycles. The van der Waals surface area contributed by atoms with Crippen molar-refractivity contribution in [3.63, 3.8) is 0 Å². The van der Waals surface area contributed by atoms with E-state index in [1.165, 1.54) is 43.5 Å². The molecule has 2 saturated heterocycles. The Morgan fingerprint density at radius 3 is 2.46 bits per heavy atom. The molecule has 28 heavy (non-hydrogen) atoms. The number of thiazole rings is 1. The number of piperidine rings is 2. The SMILES string of the molecule is Cc1ccc(C)c(-c2nc(C)c(C(=O)N3CCC(N4CCCCC4)CC3)s2)c1. The van der Waals surface area contributed by atoms with Crippen LogP contribution < -0.4 is 0 Å². The van der Waals surface area contributed by atoms with Crippen LogP contribution in [-0.2, 0) is 0 Å². The van der Waals surface area contributed by atoms with Crippen LogP contribution in [0, 0.1) is 20.8 Å². The summed E-state index contributed by atoms with van der Waals surface area (Å²) < 4.78 is 0. The van der Waals surface area contributed by atoms with Gasteiger partial charge in [-0.05, 0) is 71.2 Å². The van der Waals surface area contributed by atoms with Gasteiger partial charge in [-0.15, -0.1) is 11.3 Å². The molecule has 4 rings (SSSR count). The van der Waals surface area contributed by atoms with Crippen LogP contribution in [0.25, 0.3) is 10.6 Å². The first-order chi connectivity index (χ1) is 13.5. The number of likely N-dealkylation sites (tertiary alicyclic amines) is 2. The van der Waals surface area contributed by atoms with E-state index in [2.05, 4.69) is 36.9 Å². The molecule has 0 bridgehead atoms. The van der Waals surface area contributed by atoms with Crippen molar-refractivity contribution in [1.29, 1.82) is 0 Å². The number of nitrogens with zero attached hydrogens (tertiary/aromatic N) is 3. The van der Waals surface area contributed by atoms with Crippen LogP contribution in [0.15, 0.2) is 18.2 Å². The van der Waals surface area contributed by atoms with Gasteiger partial charge in [0.1, 0.15) is 9.88 Å². The van der Waals surface area contributed by atoms with E-state index in [0.29, 0.717) is 6.04 Å². The lowest BCUT2D eigenvalue weighted by Gasteiger charge is -2.40. The first-order valence-corrected chi connectivity index (χ1v) is 11.4. The molecule has 1 aromatic carbocycles. The predicted molar refractivity (Wildman–Crippen MR) is 116 cm³/mol. The topological polar surface area (TPSA) is 36.4 Å². The number of rotatable bonds is 3. The summed E-state index contributed by atoms with van der Waals surface area (Å²) in [6.45, 7) is 10.4. The second-order valence-electron chi connectivity index (χ2n) is 8.37. The van der Waals surface area contributed by atoms with E-state index in [9.17, 15) is 4.79 Å². The van der Waals surface area contributed by atoms with Crippen molar-refractivity contribution >= 4 is 17.2 Å². The first kappa shape index (κ1) is 19.6. The van der Waals surface area contributed by atoms with Gasteiger partial charge in [0.15, 0.2) is 0 Å². The molecule has 0 spiro atoms. The van der Waals surface area contributed by atoms with Crippen molar-refractivity contribution in [3.8, 4) is 10.6 Å². The van der Waals surface area contributed by atoms with Gasteiger partial charge in [0.05, 0.1) is 5.69 Å². The Hall–Kier alpha value is -1.72. The highest BCUT2D eigenvalue weighted by Gasteiger charge is 2.29. The van der Waals surface area contributed by atoms with E-state index in [1.54, 1.807) is 11.3 Å². The minimum Gasteiger partial charge on any atom is -0.338 e. The minimum atomic E-state index is 0.170. The van der Waals surface area contributed by atoms with Crippen molar-refractivity contribution in [1.82, 2.24) is 14.8 Å². The van der Waals surface area contributed by atoms with E-state index >= 15 is 0 Å². The summed E-state index contributed by atoms with van der Waals surface area (Å²) in [6.07, 6.45) is 6.25. The maximum atomic E-state index is 13.2. The Kier molecular flexibility index (Phi) is 5.83. The van der Waals surface area contributed by atoms with Crippen molar-refractivity contribution in [2.45, 2.75) is 58.9 Å². The van der Waals surface area contributed by atoms with Crippen molar-refractivity contribution < 1.29 is 4.79 Å². The average Bonchev–Trinajstić information content (AvgIpc) is 3.11. The molecule has 0 unspecified atom stereocenters. The van der Waals surface area contributed by atoms with Crippen molar-refractivity contribution in [2.75, 3.05) is 26.2 Å². The van der Waals surface area contributed by atoms with Crippen molar-refractivity contribution in [2.24, 2.45) is 0 Å². The Morgan fingerprint density at radius 1 is 1.04 bits per heavy atom. The normalized spacial score (nSPS) is 19.2. The van der Waals surface area contributed by atoms with E-state index in [4.69, 9.17) is 4.98 Å². The quantitative estimate of drug-likeness (QED) is 0.745. The monoisotopic (exact) mass is 397 g/mol. The largest absolute Gasteiger partial charge is 0.338 e. The number of aryl methyl sites for hydroxylation is 3. The Labute approximate surface area is 172 Å². The first-order valence-electron chi connectivity index (χ1n) is 10.6.